The molecule has 0 radical (unpaired) electrons. The van der Waals surface area contributed by atoms with Gasteiger partial charge in [0, 0.05) is 12.2 Å². The molecule has 2 aromatic carbocycles. The first-order valence-corrected chi connectivity index (χ1v) is 8.33. The number of sulfonamides is 1. The standard InChI is InChI=1S/C15H18N2O3S/c1-11-8-13(6-7-15(11)17-21(2,19)20)16-10-12-4-3-5-14(18)9-12/h3-9,16-18H,10H2,1-2H3. The molecule has 21 heavy (non-hydrogen) atoms. The molecule has 2 aromatic rings. The third-order valence-electron chi connectivity index (χ3n) is 2.93. The van der Waals surface area contributed by atoms with Crippen LogP contribution in [-0.4, -0.2) is 19.8 Å². The number of phenols is 1. The van der Waals surface area contributed by atoms with E-state index < -0.39 is 10.0 Å². The lowest BCUT2D eigenvalue weighted by atomic mass is 10.1. The molecule has 0 aliphatic rings. The zero-order valence-electron chi connectivity index (χ0n) is 11.9. The van der Waals surface area contributed by atoms with Crippen LogP contribution in [0, 0.1) is 6.92 Å². The van der Waals surface area contributed by atoms with Crippen molar-refractivity contribution in [1.29, 1.82) is 0 Å². The van der Waals surface area contributed by atoms with Gasteiger partial charge < -0.3 is 10.4 Å². The largest absolute Gasteiger partial charge is 0.508 e. The summed E-state index contributed by atoms with van der Waals surface area (Å²) in [6.45, 7) is 2.42. The lowest BCUT2D eigenvalue weighted by molar-refractivity contribution is 0.474. The molecular weight excluding hydrogens is 288 g/mol. The van der Waals surface area contributed by atoms with Crippen LogP contribution in [0.5, 0.6) is 5.75 Å². The van der Waals surface area contributed by atoms with Crippen molar-refractivity contribution in [2.24, 2.45) is 0 Å². The summed E-state index contributed by atoms with van der Waals surface area (Å²) in [4.78, 5) is 0. The smallest absolute Gasteiger partial charge is 0.229 e. The topological polar surface area (TPSA) is 78.4 Å². The highest BCUT2D eigenvalue weighted by atomic mass is 32.2. The normalized spacial score (nSPS) is 11.1. The predicted molar refractivity (Wildman–Crippen MR) is 85.1 cm³/mol. The Hall–Kier alpha value is -2.21. The second kappa shape index (κ2) is 6.05. The minimum absolute atomic E-state index is 0.234. The average Bonchev–Trinajstić information content (AvgIpc) is 2.38. The second-order valence-electron chi connectivity index (χ2n) is 4.93. The van der Waals surface area contributed by atoms with E-state index >= 15 is 0 Å². The van der Waals surface area contributed by atoms with Crippen molar-refractivity contribution in [2.75, 3.05) is 16.3 Å². The van der Waals surface area contributed by atoms with Crippen LogP contribution in [-0.2, 0) is 16.6 Å². The lowest BCUT2D eigenvalue weighted by Gasteiger charge is -2.11. The maximum absolute atomic E-state index is 11.2. The molecule has 0 saturated carbocycles. The predicted octanol–water partition coefficient (Wildman–Crippen LogP) is 2.68. The van der Waals surface area contributed by atoms with E-state index in [1.807, 2.05) is 25.1 Å². The Bertz CT molecular complexity index is 742. The van der Waals surface area contributed by atoms with Gasteiger partial charge >= 0.3 is 0 Å². The highest BCUT2D eigenvalue weighted by Gasteiger charge is 2.05. The van der Waals surface area contributed by atoms with Crippen molar-refractivity contribution in [3.63, 3.8) is 0 Å². The molecule has 5 nitrogen and oxygen atoms in total. The molecule has 0 heterocycles. The zero-order valence-corrected chi connectivity index (χ0v) is 12.7. The molecule has 3 N–H and O–H groups in total. The van der Waals surface area contributed by atoms with Gasteiger partial charge in [-0.25, -0.2) is 8.42 Å². The number of hydrogen-bond donors (Lipinski definition) is 3. The van der Waals surface area contributed by atoms with E-state index in [4.69, 9.17) is 0 Å². The summed E-state index contributed by atoms with van der Waals surface area (Å²) in [5, 5.41) is 12.6. The maximum Gasteiger partial charge on any atom is 0.229 e. The molecule has 0 fully saturated rings. The first-order valence-electron chi connectivity index (χ1n) is 6.44. The molecule has 6 heteroatoms. The van der Waals surface area contributed by atoms with Gasteiger partial charge in [0.15, 0.2) is 0 Å². The molecule has 0 amide bonds. The Morgan fingerprint density at radius 2 is 1.90 bits per heavy atom. The molecule has 0 bridgehead atoms. The molecule has 0 unspecified atom stereocenters. The van der Waals surface area contributed by atoms with Gasteiger partial charge in [-0.05, 0) is 48.4 Å². The lowest BCUT2D eigenvalue weighted by Crippen LogP contribution is -2.10. The zero-order chi connectivity index (χ0) is 15.5. The van der Waals surface area contributed by atoms with E-state index in [1.165, 1.54) is 0 Å². The van der Waals surface area contributed by atoms with Crippen LogP contribution < -0.4 is 10.0 Å². The van der Waals surface area contributed by atoms with Gasteiger partial charge in [-0.2, -0.15) is 0 Å². The summed E-state index contributed by atoms with van der Waals surface area (Å²) in [6.07, 6.45) is 1.13. The summed E-state index contributed by atoms with van der Waals surface area (Å²) in [5.74, 6) is 0.234. The van der Waals surface area contributed by atoms with Gasteiger partial charge in [-0.15, -0.1) is 0 Å². The van der Waals surface area contributed by atoms with E-state index in [0.29, 0.717) is 12.2 Å². The average molecular weight is 306 g/mol. The molecule has 0 aromatic heterocycles. The Balaban J connectivity index is 2.07. The minimum atomic E-state index is -3.27. The highest BCUT2D eigenvalue weighted by Crippen LogP contribution is 2.21. The quantitative estimate of drug-likeness (QED) is 0.793. The molecule has 0 spiro atoms. The minimum Gasteiger partial charge on any atom is -0.508 e. The molecule has 0 atom stereocenters. The Morgan fingerprint density at radius 1 is 1.14 bits per heavy atom. The molecule has 112 valence electrons. The fourth-order valence-corrected chi connectivity index (χ4v) is 2.59. The molecule has 0 saturated heterocycles. The highest BCUT2D eigenvalue weighted by molar-refractivity contribution is 7.92. The number of aryl methyl sites for hydroxylation is 1. The summed E-state index contributed by atoms with van der Waals surface area (Å²) in [6, 6.07) is 12.4. The van der Waals surface area contributed by atoms with E-state index in [-0.39, 0.29) is 5.75 Å². The van der Waals surface area contributed by atoms with Crippen LogP contribution in [0.1, 0.15) is 11.1 Å². The van der Waals surface area contributed by atoms with Gasteiger partial charge in [0.25, 0.3) is 0 Å². The van der Waals surface area contributed by atoms with Crippen LogP contribution >= 0.6 is 0 Å². The summed E-state index contributed by atoms with van der Waals surface area (Å²) < 4.78 is 24.9. The van der Waals surface area contributed by atoms with Crippen molar-refractivity contribution in [2.45, 2.75) is 13.5 Å². The van der Waals surface area contributed by atoms with Crippen molar-refractivity contribution in [1.82, 2.24) is 0 Å². The number of nitrogens with one attached hydrogen (secondary N) is 2. The third-order valence-corrected chi connectivity index (χ3v) is 3.52. The van der Waals surface area contributed by atoms with Crippen molar-refractivity contribution in [3.8, 4) is 5.75 Å². The Kier molecular flexibility index (Phi) is 4.37. The van der Waals surface area contributed by atoms with Crippen LogP contribution in [0.2, 0.25) is 0 Å². The third kappa shape index (κ3) is 4.68. The maximum atomic E-state index is 11.2. The summed E-state index contributed by atoms with van der Waals surface area (Å²) >= 11 is 0. The fraction of sp³-hybridized carbons (Fsp3) is 0.200. The van der Waals surface area contributed by atoms with Gasteiger partial charge in [0.2, 0.25) is 10.0 Å². The van der Waals surface area contributed by atoms with E-state index in [9.17, 15) is 13.5 Å². The molecule has 2 rings (SSSR count). The number of rotatable bonds is 5. The molecular formula is C15H18N2O3S. The van der Waals surface area contributed by atoms with Crippen molar-refractivity contribution < 1.29 is 13.5 Å². The van der Waals surface area contributed by atoms with Gasteiger partial charge in [0.05, 0.1) is 11.9 Å². The van der Waals surface area contributed by atoms with Gasteiger partial charge in [-0.1, -0.05) is 12.1 Å². The number of phenolic OH excluding ortho intramolecular Hbond substituents is 1. The first-order chi connectivity index (χ1) is 9.83. The van der Waals surface area contributed by atoms with Gasteiger partial charge in [-0.3, -0.25) is 4.72 Å². The number of anilines is 2. The second-order valence-corrected chi connectivity index (χ2v) is 6.68. The Labute approximate surface area is 124 Å². The van der Waals surface area contributed by atoms with E-state index in [1.54, 1.807) is 24.3 Å². The number of hydrogen-bond acceptors (Lipinski definition) is 4. The number of aromatic hydroxyl groups is 1. The van der Waals surface area contributed by atoms with Gasteiger partial charge in [0.1, 0.15) is 5.75 Å². The van der Waals surface area contributed by atoms with Crippen molar-refractivity contribution >= 4 is 21.4 Å². The van der Waals surface area contributed by atoms with Crippen LogP contribution in [0.25, 0.3) is 0 Å². The Morgan fingerprint density at radius 3 is 2.52 bits per heavy atom. The van der Waals surface area contributed by atoms with E-state index in [0.717, 1.165) is 23.1 Å². The fourth-order valence-electron chi connectivity index (χ4n) is 1.96. The van der Waals surface area contributed by atoms with Crippen LogP contribution in [0.15, 0.2) is 42.5 Å². The number of benzene rings is 2. The SMILES string of the molecule is Cc1cc(NCc2cccc(O)c2)ccc1NS(C)(=O)=O. The summed E-state index contributed by atoms with van der Waals surface area (Å²) in [7, 11) is -3.27. The monoisotopic (exact) mass is 306 g/mol. The van der Waals surface area contributed by atoms with Crippen LogP contribution in [0.4, 0.5) is 11.4 Å². The summed E-state index contributed by atoms with van der Waals surface area (Å²) in [5.41, 5.74) is 3.25. The van der Waals surface area contributed by atoms with E-state index in [2.05, 4.69) is 10.0 Å². The first kappa shape index (κ1) is 15.2. The van der Waals surface area contributed by atoms with Crippen LogP contribution in [0.3, 0.4) is 0 Å². The molecule has 0 aliphatic heterocycles. The molecule has 0 aliphatic carbocycles. The van der Waals surface area contributed by atoms with Crippen molar-refractivity contribution in [3.05, 3.63) is 53.6 Å².